The van der Waals surface area contributed by atoms with Gasteiger partial charge in [-0.05, 0) is 44.4 Å². The molecular weight excluding hydrogens is 741 g/mol. The fourth-order valence-corrected chi connectivity index (χ4v) is 6.96. The Labute approximate surface area is 297 Å². The topological polar surface area (TPSA) is 160 Å². The van der Waals surface area contributed by atoms with E-state index < -0.39 is 44.1 Å². The summed E-state index contributed by atoms with van der Waals surface area (Å²) >= 11 is 5.92. The van der Waals surface area contributed by atoms with Crippen LogP contribution in [0.15, 0.2) is 40.3 Å². The second-order valence-corrected chi connectivity index (χ2v) is 15.0. The van der Waals surface area contributed by atoms with Crippen LogP contribution in [0, 0.1) is 6.92 Å². The minimum atomic E-state index is -10.0. The van der Waals surface area contributed by atoms with Gasteiger partial charge in [-0.15, -0.1) is 5.10 Å². The van der Waals surface area contributed by atoms with E-state index in [1.807, 2.05) is 6.08 Å². The lowest BCUT2D eigenvalue weighted by Gasteiger charge is -2.40. The Hall–Kier alpha value is -4.82. The van der Waals surface area contributed by atoms with Crippen molar-refractivity contribution in [2.24, 2.45) is 0 Å². The third kappa shape index (κ3) is 7.40. The number of nitrogens with one attached hydrogen (secondary N) is 1. The summed E-state index contributed by atoms with van der Waals surface area (Å²) in [6.07, 6.45) is 4.73. The summed E-state index contributed by atoms with van der Waals surface area (Å²) in [4.78, 5) is 54.3. The van der Waals surface area contributed by atoms with Crippen LogP contribution < -0.4 is 15.8 Å². The molecule has 2 aliphatic rings. The Bertz CT molecular complexity index is 2190. The molecule has 2 amide bonds. The molecule has 1 saturated heterocycles. The number of carbonyl (C=O) groups excluding carboxylic acids is 2. The average Bonchev–Trinajstić information content (AvgIpc) is 3.35. The highest BCUT2D eigenvalue weighted by atomic mass is 35.5. The van der Waals surface area contributed by atoms with E-state index in [4.69, 9.17) is 16.3 Å². The number of piperazine rings is 1. The van der Waals surface area contributed by atoms with E-state index in [2.05, 4.69) is 25.4 Å². The van der Waals surface area contributed by atoms with Crippen molar-refractivity contribution < 1.29 is 38.9 Å². The molecule has 0 unspecified atom stereocenters. The number of aromatic hydroxyl groups is 1. The van der Waals surface area contributed by atoms with Gasteiger partial charge in [0.05, 0.1) is 28.7 Å². The van der Waals surface area contributed by atoms with Gasteiger partial charge in [0.2, 0.25) is 11.7 Å². The lowest BCUT2D eigenvalue weighted by Crippen LogP contribution is -2.51. The van der Waals surface area contributed by atoms with Gasteiger partial charge in [-0.25, -0.2) is 9.97 Å². The largest absolute Gasteiger partial charge is 0.504 e. The maximum absolute atomic E-state index is 14.2. The van der Waals surface area contributed by atoms with Crippen LogP contribution in [-0.2, 0) is 22.5 Å². The average molecular weight is 774 g/mol. The molecule has 4 aromatic rings. The second-order valence-electron chi connectivity index (χ2n) is 12.2. The van der Waals surface area contributed by atoms with Gasteiger partial charge in [0.15, 0.2) is 17.3 Å². The minimum absolute atomic E-state index is 0.00771. The highest BCUT2D eigenvalue weighted by molar-refractivity contribution is 8.45. The molecule has 280 valence electrons. The molecule has 0 saturated carbocycles. The van der Waals surface area contributed by atoms with Gasteiger partial charge in [0.1, 0.15) is 23.5 Å². The van der Waals surface area contributed by atoms with Crippen molar-refractivity contribution in [3.63, 3.8) is 0 Å². The van der Waals surface area contributed by atoms with Crippen molar-refractivity contribution in [2.75, 3.05) is 49.6 Å². The fourth-order valence-electron chi connectivity index (χ4n) is 6.00. The van der Waals surface area contributed by atoms with Crippen LogP contribution in [0.25, 0.3) is 11.4 Å². The number of allylic oxidation sites excluding steroid dienone is 1. The first-order valence-corrected chi connectivity index (χ1v) is 18.4. The van der Waals surface area contributed by atoms with Crippen molar-refractivity contribution in [1.29, 1.82) is 0 Å². The zero-order valence-corrected chi connectivity index (χ0v) is 29.4. The maximum atomic E-state index is 14.2. The summed E-state index contributed by atoms with van der Waals surface area (Å²) in [7, 11) is -10.0. The van der Waals surface area contributed by atoms with E-state index in [0.717, 1.165) is 10.9 Å². The van der Waals surface area contributed by atoms with Crippen LogP contribution in [-0.4, -0.2) is 90.3 Å². The van der Waals surface area contributed by atoms with Crippen LogP contribution in [0.1, 0.15) is 47.5 Å². The van der Waals surface area contributed by atoms with E-state index in [0.29, 0.717) is 30.4 Å². The van der Waals surface area contributed by atoms with E-state index in [-0.39, 0.29) is 91.5 Å². The molecule has 5 heterocycles. The number of anilines is 2. The number of aryl methyl sites for hydroxylation is 1. The summed E-state index contributed by atoms with van der Waals surface area (Å²) in [5, 5.41) is 16.4. The third-order valence-corrected chi connectivity index (χ3v) is 10.1. The van der Waals surface area contributed by atoms with Crippen molar-refractivity contribution >= 4 is 56.4 Å². The summed E-state index contributed by atoms with van der Waals surface area (Å²) in [6.45, 7) is 4.08. The molecule has 6 rings (SSSR count). The highest BCUT2D eigenvalue weighted by Gasteiger charge is 2.65. The first-order chi connectivity index (χ1) is 24.4. The molecule has 0 bridgehead atoms. The fraction of sp³-hybridized carbons (Fsp3) is 0.387. The Balaban J connectivity index is 1.36. The van der Waals surface area contributed by atoms with Gasteiger partial charge in [-0.3, -0.25) is 14.4 Å². The van der Waals surface area contributed by atoms with Crippen molar-refractivity contribution in [3.05, 3.63) is 68.9 Å². The molecular formula is C31H33ClF5N9O5S. The molecule has 2 N–H and O–H groups in total. The number of aromatic nitrogens is 6. The van der Waals surface area contributed by atoms with Crippen LogP contribution in [0.2, 0.25) is 5.02 Å². The smallest absolute Gasteiger partial charge is 0.310 e. The van der Waals surface area contributed by atoms with Gasteiger partial charge >= 0.3 is 10.2 Å². The van der Waals surface area contributed by atoms with Gasteiger partial charge < -0.3 is 29.5 Å². The minimum Gasteiger partial charge on any atom is -0.504 e. The predicted molar refractivity (Wildman–Crippen MR) is 183 cm³/mol. The highest BCUT2D eigenvalue weighted by Crippen LogP contribution is 3.02. The van der Waals surface area contributed by atoms with E-state index in [1.165, 1.54) is 22.7 Å². The van der Waals surface area contributed by atoms with Gasteiger partial charge in [-0.1, -0.05) is 44.0 Å². The maximum Gasteiger partial charge on any atom is 0.310 e. The molecule has 0 radical (unpaired) electrons. The van der Waals surface area contributed by atoms with Crippen molar-refractivity contribution in [2.45, 2.75) is 44.6 Å². The van der Waals surface area contributed by atoms with Crippen molar-refractivity contribution in [1.82, 2.24) is 34.0 Å². The number of hydrogen-bond donors (Lipinski definition) is 2. The number of ether oxygens (including phenoxy) is 1. The molecule has 1 fully saturated rings. The van der Waals surface area contributed by atoms with Gasteiger partial charge in [-0.2, -0.15) is 9.50 Å². The molecule has 52 heavy (non-hydrogen) atoms. The lowest BCUT2D eigenvalue weighted by molar-refractivity contribution is -0.116. The summed E-state index contributed by atoms with van der Waals surface area (Å²) in [5.74, 6) is -1.48. The molecule has 0 spiro atoms. The quantitative estimate of drug-likeness (QED) is 0.223. The first kappa shape index (κ1) is 37.0. The predicted octanol–water partition coefficient (Wildman–Crippen LogP) is 5.36. The number of amides is 2. The van der Waals surface area contributed by atoms with Crippen LogP contribution >= 0.6 is 21.8 Å². The molecule has 2 aliphatic heterocycles. The SMILES string of the molecule is CCc1c(N2CCN(C(=O)c3ncnc(C)c3O)CC2)c(=O)n2nc(C3=CCCCOC3)nc2n1CC(=O)Nc1ccc(S(F)(F)(F)(F)F)cc1Cl. The zero-order chi connectivity index (χ0) is 37.6. The van der Waals surface area contributed by atoms with Crippen LogP contribution in [0.5, 0.6) is 5.75 Å². The number of fused-ring (bicyclic) bond motifs is 1. The second kappa shape index (κ2) is 13.0. The zero-order valence-electron chi connectivity index (χ0n) is 27.8. The first-order valence-electron chi connectivity index (χ1n) is 16.0. The Kier molecular flexibility index (Phi) is 9.23. The van der Waals surface area contributed by atoms with E-state index in [1.54, 1.807) is 11.8 Å². The molecule has 0 aliphatic carbocycles. The normalized spacial score (nSPS) is 17.0. The summed E-state index contributed by atoms with van der Waals surface area (Å²) in [5.41, 5.74) is 0.365. The standard InChI is InChI=1S/C31H33ClF5N9O5S/c1-3-23-26(43-9-11-44(12-10-43)29(49)25-27(48)18(2)38-17-39-25)30(50)46-31(41-28(42-46)19-6-4-5-13-51-16-19)45(23)15-24(47)40-22-8-7-20(14-21(22)32)52(33,34,35,36)37/h6-8,14,17,48H,3-5,9-13,15-16H2,1-2H3,(H,40,47). The van der Waals surface area contributed by atoms with Crippen LogP contribution in [0.4, 0.5) is 30.8 Å². The monoisotopic (exact) mass is 773 g/mol. The number of halogens is 6. The number of rotatable bonds is 8. The van der Waals surface area contributed by atoms with E-state index >= 15 is 0 Å². The molecule has 21 heteroatoms. The number of hydrogen-bond acceptors (Lipinski definition) is 10. The molecule has 3 aromatic heterocycles. The Morgan fingerprint density at radius 1 is 1.10 bits per heavy atom. The number of carbonyl (C=O) groups is 2. The Morgan fingerprint density at radius 3 is 2.50 bits per heavy atom. The number of nitrogens with zero attached hydrogens (tertiary/aromatic N) is 8. The molecule has 0 atom stereocenters. The van der Waals surface area contributed by atoms with Crippen LogP contribution in [0.3, 0.4) is 0 Å². The molecule has 1 aromatic carbocycles. The Morgan fingerprint density at radius 2 is 1.83 bits per heavy atom. The number of benzene rings is 1. The lowest BCUT2D eigenvalue weighted by atomic mass is 10.2. The molecule has 14 nitrogen and oxygen atoms in total. The van der Waals surface area contributed by atoms with E-state index in [9.17, 15) is 38.9 Å². The summed E-state index contributed by atoms with van der Waals surface area (Å²) < 4.78 is 74.9. The summed E-state index contributed by atoms with van der Waals surface area (Å²) in [6, 6.07) is 0.829. The van der Waals surface area contributed by atoms with Crippen molar-refractivity contribution in [3.8, 4) is 5.75 Å². The van der Waals surface area contributed by atoms with Gasteiger partial charge in [0, 0.05) is 38.4 Å². The van der Waals surface area contributed by atoms with Gasteiger partial charge in [0.25, 0.3) is 11.5 Å². The third-order valence-electron chi connectivity index (χ3n) is 8.64.